The van der Waals surface area contributed by atoms with Gasteiger partial charge in [-0.15, -0.1) is 13.2 Å². The van der Waals surface area contributed by atoms with Crippen molar-refractivity contribution in [2.75, 3.05) is 0 Å². The van der Waals surface area contributed by atoms with E-state index in [0.29, 0.717) is 18.8 Å². The second-order valence-corrected chi connectivity index (χ2v) is 4.22. The van der Waals surface area contributed by atoms with E-state index in [1.54, 1.807) is 12.2 Å². The van der Waals surface area contributed by atoms with Crippen molar-refractivity contribution in [2.45, 2.75) is 31.3 Å². The van der Waals surface area contributed by atoms with E-state index < -0.39 is 5.60 Å². The molecule has 15 heavy (non-hydrogen) atoms. The third-order valence-electron chi connectivity index (χ3n) is 2.76. The van der Waals surface area contributed by atoms with Gasteiger partial charge in [-0.3, -0.25) is 0 Å². The van der Waals surface area contributed by atoms with Crippen LogP contribution in [0, 0.1) is 5.92 Å². The summed E-state index contributed by atoms with van der Waals surface area (Å²) in [6, 6.07) is 0. The molecule has 0 bridgehead atoms. The zero-order valence-electron chi connectivity index (χ0n) is 9.23. The molecule has 0 radical (unpaired) electrons. The fourth-order valence-electron chi connectivity index (χ4n) is 2.06. The smallest absolute Gasteiger partial charge is 0.0721 e. The molecule has 0 heterocycles. The van der Waals surface area contributed by atoms with E-state index in [2.05, 4.69) is 37.5 Å². The van der Waals surface area contributed by atoms with Crippen LogP contribution in [0.5, 0.6) is 0 Å². The first-order valence-corrected chi connectivity index (χ1v) is 5.48. The van der Waals surface area contributed by atoms with Crippen molar-refractivity contribution in [2.24, 2.45) is 5.92 Å². The van der Waals surface area contributed by atoms with Crippen LogP contribution in [0.1, 0.15) is 25.7 Å². The van der Waals surface area contributed by atoms with E-state index in [1.807, 2.05) is 0 Å². The molecule has 1 N–H and O–H groups in total. The Balaban J connectivity index is 2.56. The number of aliphatic hydroxyl groups is 1. The number of rotatable bonds is 6. The van der Waals surface area contributed by atoms with Gasteiger partial charge in [0, 0.05) is 0 Å². The zero-order valence-corrected chi connectivity index (χ0v) is 9.23. The first-order chi connectivity index (χ1) is 7.20. The first kappa shape index (κ1) is 12.0. The van der Waals surface area contributed by atoms with Crippen molar-refractivity contribution in [3.63, 3.8) is 0 Å². The highest BCUT2D eigenvalue weighted by molar-refractivity contribution is 5.12. The van der Waals surface area contributed by atoms with Crippen molar-refractivity contribution in [3.8, 4) is 0 Å². The lowest BCUT2D eigenvalue weighted by molar-refractivity contribution is 0.0268. The molecule has 0 spiro atoms. The predicted molar refractivity (Wildman–Crippen MR) is 65.6 cm³/mol. The van der Waals surface area contributed by atoms with Crippen LogP contribution in [0.25, 0.3) is 0 Å². The van der Waals surface area contributed by atoms with E-state index in [-0.39, 0.29) is 0 Å². The molecule has 1 heteroatoms. The fourth-order valence-corrected chi connectivity index (χ4v) is 2.06. The highest BCUT2D eigenvalue weighted by Gasteiger charge is 2.26. The molecule has 1 rings (SSSR count). The largest absolute Gasteiger partial charge is 0.389 e. The van der Waals surface area contributed by atoms with Crippen LogP contribution >= 0.6 is 0 Å². The third kappa shape index (κ3) is 3.88. The van der Waals surface area contributed by atoms with Crippen molar-refractivity contribution in [1.29, 1.82) is 0 Å². The van der Waals surface area contributed by atoms with Crippen LogP contribution in [0.15, 0.2) is 49.6 Å². The monoisotopic (exact) mass is 204 g/mol. The van der Waals surface area contributed by atoms with Gasteiger partial charge >= 0.3 is 0 Å². The molecule has 0 amide bonds. The SMILES string of the molecule is C=CCC(O)(CC=C)CC1C=CC=CC1. The summed E-state index contributed by atoms with van der Waals surface area (Å²) < 4.78 is 0. The van der Waals surface area contributed by atoms with Crippen LogP contribution in [-0.4, -0.2) is 10.7 Å². The molecular formula is C14H20O. The Morgan fingerprint density at radius 1 is 1.27 bits per heavy atom. The second kappa shape index (κ2) is 5.72. The van der Waals surface area contributed by atoms with E-state index >= 15 is 0 Å². The van der Waals surface area contributed by atoms with Gasteiger partial charge in [0.25, 0.3) is 0 Å². The van der Waals surface area contributed by atoms with Gasteiger partial charge in [0.05, 0.1) is 5.60 Å². The molecule has 82 valence electrons. The van der Waals surface area contributed by atoms with E-state index in [0.717, 1.165) is 12.8 Å². The Hall–Kier alpha value is -1.08. The Labute approximate surface area is 92.5 Å². The third-order valence-corrected chi connectivity index (χ3v) is 2.76. The summed E-state index contributed by atoms with van der Waals surface area (Å²) in [6.45, 7) is 7.39. The van der Waals surface area contributed by atoms with Gasteiger partial charge in [-0.2, -0.15) is 0 Å². The summed E-state index contributed by atoms with van der Waals surface area (Å²) in [4.78, 5) is 0. The molecule has 0 fully saturated rings. The van der Waals surface area contributed by atoms with E-state index in [1.165, 1.54) is 0 Å². The molecule has 0 aromatic carbocycles. The van der Waals surface area contributed by atoms with Crippen molar-refractivity contribution in [1.82, 2.24) is 0 Å². The second-order valence-electron chi connectivity index (χ2n) is 4.22. The maximum absolute atomic E-state index is 10.4. The Bertz CT molecular complexity index is 263. The van der Waals surface area contributed by atoms with E-state index in [9.17, 15) is 5.11 Å². The van der Waals surface area contributed by atoms with Gasteiger partial charge < -0.3 is 5.11 Å². The molecule has 0 aliphatic heterocycles. The number of hydrogen-bond acceptors (Lipinski definition) is 1. The quantitative estimate of drug-likeness (QED) is 0.657. The Morgan fingerprint density at radius 3 is 2.40 bits per heavy atom. The predicted octanol–water partition coefficient (Wildman–Crippen LogP) is 3.39. The summed E-state index contributed by atoms with van der Waals surface area (Å²) in [5, 5.41) is 10.4. The van der Waals surface area contributed by atoms with Gasteiger partial charge in [0.2, 0.25) is 0 Å². The molecule has 0 aromatic heterocycles. The maximum atomic E-state index is 10.4. The van der Waals surface area contributed by atoms with Crippen LogP contribution in [0.3, 0.4) is 0 Å². The van der Waals surface area contributed by atoms with Crippen molar-refractivity contribution >= 4 is 0 Å². The summed E-state index contributed by atoms with van der Waals surface area (Å²) in [5.74, 6) is 0.444. The fraction of sp³-hybridized carbons (Fsp3) is 0.429. The first-order valence-electron chi connectivity index (χ1n) is 5.48. The molecular weight excluding hydrogens is 184 g/mol. The van der Waals surface area contributed by atoms with Crippen LogP contribution in [-0.2, 0) is 0 Å². The minimum Gasteiger partial charge on any atom is -0.389 e. The van der Waals surface area contributed by atoms with Crippen LogP contribution in [0.4, 0.5) is 0 Å². The van der Waals surface area contributed by atoms with Gasteiger partial charge in [-0.1, -0.05) is 36.5 Å². The molecule has 1 aliphatic rings. The lowest BCUT2D eigenvalue weighted by atomic mass is 9.82. The Kier molecular flexibility index (Phi) is 4.57. The molecule has 0 saturated heterocycles. The van der Waals surface area contributed by atoms with Crippen LogP contribution in [0.2, 0.25) is 0 Å². The van der Waals surface area contributed by atoms with Crippen molar-refractivity contribution in [3.05, 3.63) is 49.6 Å². The Morgan fingerprint density at radius 2 is 1.93 bits per heavy atom. The zero-order chi connectivity index (χ0) is 11.1. The highest BCUT2D eigenvalue weighted by atomic mass is 16.3. The van der Waals surface area contributed by atoms with Gasteiger partial charge in [-0.25, -0.2) is 0 Å². The summed E-state index contributed by atoms with van der Waals surface area (Å²) in [5.41, 5.74) is -0.663. The molecule has 0 saturated carbocycles. The minimum absolute atomic E-state index is 0.444. The molecule has 1 nitrogen and oxygen atoms in total. The molecule has 0 aromatic rings. The minimum atomic E-state index is -0.663. The standard InChI is InChI=1S/C14H20O/c1-3-10-14(15,11-4-2)12-13-8-6-5-7-9-13/h3-8,13,15H,1-2,9-12H2. The molecule has 1 unspecified atom stereocenters. The van der Waals surface area contributed by atoms with E-state index in [4.69, 9.17) is 0 Å². The number of hydrogen-bond donors (Lipinski definition) is 1. The summed E-state index contributed by atoms with van der Waals surface area (Å²) >= 11 is 0. The van der Waals surface area contributed by atoms with Gasteiger partial charge in [0.15, 0.2) is 0 Å². The molecule has 1 atom stereocenters. The highest BCUT2D eigenvalue weighted by Crippen LogP contribution is 2.29. The lowest BCUT2D eigenvalue weighted by Gasteiger charge is -2.29. The van der Waals surface area contributed by atoms with Crippen molar-refractivity contribution < 1.29 is 5.11 Å². The average molecular weight is 204 g/mol. The summed E-state index contributed by atoms with van der Waals surface area (Å²) in [7, 11) is 0. The normalized spacial score (nSPS) is 20.2. The average Bonchev–Trinajstić information content (AvgIpc) is 2.19. The van der Waals surface area contributed by atoms with Gasteiger partial charge in [0.1, 0.15) is 0 Å². The topological polar surface area (TPSA) is 20.2 Å². The number of allylic oxidation sites excluding steroid dienone is 4. The van der Waals surface area contributed by atoms with Crippen LogP contribution < -0.4 is 0 Å². The lowest BCUT2D eigenvalue weighted by Crippen LogP contribution is -2.30. The van der Waals surface area contributed by atoms with Gasteiger partial charge in [-0.05, 0) is 31.6 Å². The maximum Gasteiger partial charge on any atom is 0.0721 e. The summed E-state index contributed by atoms with van der Waals surface area (Å²) in [6.07, 6.45) is 15.0. The molecule has 1 aliphatic carbocycles.